The van der Waals surface area contributed by atoms with Gasteiger partial charge in [-0.2, -0.15) is 13.2 Å². The van der Waals surface area contributed by atoms with Crippen LogP contribution in [-0.2, 0) is 4.74 Å². The van der Waals surface area contributed by atoms with Gasteiger partial charge in [-0.3, -0.25) is 0 Å². The molecule has 0 radical (unpaired) electrons. The molecule has 0 aliphatic rings. The maximum Gasteiger partial charge on any atom is 0.423 e. The van der Waals surface area contributed by atoms with Gasteiger partial charge in [-0.15, -0.1) is 0 Å². The first kappa shape index (κ1) is 7.15. The van der Waals surface area contributed by atoms with Gasteiger partial charge in [0.1, 0.15) is 6.11 Å². The molecule has 0 atom stereocenters. The molecule has 0 spiro atoms. The van der Waals surface area contributed by atoms with E-state index in [2.05, 4.69) is 11.2 Å². The van der Waals surface area contributed by atoms with Crippen LogP contribution < -0.4 is 0 Å². The molecule has 0 unspecified atom stereocenters. The summed E-state index contributed by atoms with van der Waals surface area (Å²) in [7, 11) is 0. The van der Waals surface area contributed by atoms with Gasteiger partial charge in [-0.25, -0.2) is 0 Å². The minimum absolute atomic E-state index is 1.37. The summed E-state index contributed by atoms with van der Waals surface area (Å²) in [5, 5.41) is 0. The van der Waals surface area contributed by atoms with E-state index in [1.165, 1.54) is 6.11 Å². The lowest BCUT2D eigenvalue weighted by atomic mass is 10.7. The molecule has 0 aliphatic carbocycles. The van der Waals surface area contributed by atoms with Crippen molar-refractivity contribution >= 4 is 0 Å². The number of hydrogen-bond donors (Lipinski definition) is 0. The van der Waals surface area contributed by atoms with Crippen molar-refractivity contribution in [3.05, 3.63) is 0 Å². The van der Waals surface area contributed by atoms with Crippen molar-refractivity contribution in [3.63, 3.8) is 0 Å². The standard InChI is InChI=1S/C4H3F3O/c1-2-8-3-4(5,6)7/h1H,3H2. The molecule has 0 bridgehead atoms. The Morgan fingerprint density at radius 2 is 2.00 bits per heavy atom. The smallest absolute Gasteiger partial charge is 0.423 e. The fraction of sp³-hybridized carbons (Fsp3) is 0.500. The van der Waals surface area contributed by atoms with Crippen LogP contribution in [0.25, 0.3) is 0 Å². The van der Waals surface area contributed by atoms with E-state index in [0.717, 1.165) is 0 Å². The lowest BCUT2D eigenvalue weighted by Crippen LogP contribution is -2.14. The van der Waals surface area contributed by atoms with Crippen molar-refractivity contribution in [2.45, 2.75) is 6.18 Å². The Kier molecular flexibility index (Phi) is 2.19. The van der Waals surface area contributed by atoms with E-state index in [0.29, 0.717) is 0 Å². The van der Waals surface area contributed by atoms with Crippen LogP contribution in [0.4, 0.5) is 13.2 Å². The summed E-state index contributed by atoms with van der Waals surface area (Å²) in [6.07, 6.45) is 1.45. The van der Waals surface area contributed by atoms with E-state index in [1.54, 1.807) is 0 Å². The first-order valence-electron chi connectivity index (χ1n) is 1.70. The van der Waals surface area contributed by atoms with Crippen molar-refractivity contribution in [2.24, 2.45) is 0 Å². The van der Waals surface area contributed by atoms with Crippen molar-refractivity contribution in [3.8, 4) is 12.5 Å². The predicted molar refractivity (Wildman–Crippen MR) is 20.8 cm³/mol. The molecule has 0 saturated heterocycles. The molecule has 0 aromatic rings. The Bertz CT molecular complexity index is 98.8. The topological polar surface area (TPSA) is 9.23 Å². The molecule has 0 rings (SSSR count). The van der Waals surface area contributed by atoms with E-state index in [-0.39, 0.29) is 0 Å². The number of ether oxygens (including phenoxy) is 1. The molecule has 8 heavy (non-hydrogen) atoms. The largest absolute Gasteiger partial charge is 0.437 e. The first-order valence-corrected chi connectivity index (χ1v) is 1.70. The number of hydrogen-bond acceptors (Lipinski definition) is 1. The van der Waals surface area contributed by atoms with E-state index >= 15 is 0 Å². The summed E-state index contributed by atoms with van der Waals surface area (Å²) in [5.41, 5.74) is 0. The second-order valence-electron chi connectivity index (χ2n) is 1.02. The quantitative estimate of drug-likeness (QED) is 0.476. The molecule has 0 heterocycles. The minimum Gasteiger partial charge on any atom is -0.437 e. The molecular weight excluding hydrogens is 121 g/mol. The zero-order chi connectivity index (χ0) is 6.62. The third-order valence-electron chi connectivity index (χ3n) is 0.319. The lowest BCUT2D eigenvalue weighted by molar-refractivity contribution is -0.158. The zero-order valence-corrected chi connectivity index (χ0v) is 3.83. The fourth-order valence-corrected chi connectivity index (χ4v) is 0.123. The normalized spacial score (nSPS) is 10.2. The molecule has 0 fully saturated rings. The molecule has 0 N–H and O–H groups in total. The number of terminal acetylenes is 1. The maximum absolute atomic E-state index is 11.0. The number of rotatable bonds is 1. The maximum atomic E-state index is 11.0. The van der Waals surface area contributed by atoms with Crippen LogP contribution in [0, 0.1) is 12.5 Å². The van der Waals surface area contributed by atoms with Gasteiger partial charge in [0.05, 0.1) is 0 Å². The molecule has 0 saturated carbocycles. The summed E-state index contributed by atoms with van der Waals surface area (Å²) in [6, 6.07) is 0. The number of alkyl halides is 3. The average molecular weight is 124 g/mol. The van der Waals surface area contributed by atoms with Crippen molar-refractivity contribution in [1.29, 1.82) is 0 Å². The first-order chi connectivity index (χ1) is 3.56. The average Bonchev–Trinajstić information content (AvgIpc) is 1.59. The van der Waals surface area contributed by atoms with E-state index in [4.69, 9.17) is 0 Å². The van der Waals surface area contributed by atoms with Crippen LogP contribution in [-0.4, -0.2) is 12.8 Å². The van der Waals surface area contributed by atoms with Crippen molar-refractivity contribution in [2.75, 3.05) is 6.61 Å². The van der Waals surface area contributed by atoms with Crippen LogP contribution in [0.15, 0.2) is 0 Å². The third-order valence-corrected chi connectivity index (χ3v) is 0.319. The Labute approximate surface area is 44.4 Å². The molecule has 0 aromatic carbocycles. The van der Waals surface area contributed by atoms with Gasteiger partial charge in [-0.1, -0.05) is 6.42 Å². The Morgan fingerprint density at radius 1 is 1.50 bits per heavy atom. The van der Waals surface area contributed by atoms with E-state index < -0.39 is 12.8 Å². The van der Waals surface area contributed by atoms with Gasteiger partial charge in [0.25, 0.3) is 0 Å². The van der Waals surface area contributed by atoms with Gasteiger partial charge in [0, 0.05) is 0 Å². The molecule has 0 amide bonds. The molecule has 1 nitrogen and oxygen atoms in total. The Morgan fingerprint density at radius 3 is 2.12 bits per heavy atom. The van der Waals surface area contributed by atoms with E-state index in [1.807, 2.05) is 0 Å². The summed E-state index contributed by atoms with van der Waals surface area (Å²) in [5.74, 6) is 0. The highest BCUT2D eigenvalue weighted by atomic mass is 19.4. The van der Waals surface area contributed by atoms with Crippen LogP contribution in [0.3, 0.4) is 0 Å². The van der Waals surface area contributed by atoms with Crippen LogP contribution >= 0.6 is 0 Å². The third kappa shape index (κ3) is 5.15. The molecule has 46 valence electrons. The monoisotopic (exact) mass is 124 g/mol. The minimum atomic E-state index is -4.31. The van der Waals surface area contributed by atoms with Gasteiger partial charge < -0.3 is 4.74 Å². The zero-order valence-electron chi connectivity index (χ0n) is 3.83. The van der Waals surface area contributed by atoms with Crippen LogP contribution in [0.2, 0.25) is 0 Å². The van der Waals surface area contributed by atoms with Crippen molar-refractivity contribution < 1.29 is 17.9 Å². The Hall–Kier alpha value is -0.850. The lowest BCUT2D eigenvalue weighted by Gasteiger charge is -2.01. The van der Waals surface area contributed by atoms with Crippen molar-refractivity contribution in [1.82, 2.24) is 0 Å². The second kappa shape index (κ2) is 2.46. The predicted octanol–water partition coefficient (Wildman–Crippen LogP) is 1.16. The highest BCUT2D eigenvalue weighted by molar-refractivity contribution is 4.69. The van der Waals surface area contributed by atoms with Crippen LogP contribution in [0.1, 0.15) is 0 Å². The summed E-state index contributed by atoms with van der Waals surface area (Å²) >= 11 is 0. The number of halogens is 3. The van der Waals surface area contributed by atoms with Crippen LogP contribution in [0.5, 0.6) is 0 Å². The van der Waals surface area contributed by atoms with Gasteiger partial charge >= 0.3 is 6.18 Å². The highest BCUT2D eigenvalue weighted by Crippen LogP contribution is 2.13. The van der Waals surface area contributed by atoms with Gasteiger partial charge in [0.2, 0.25) is 0 Å². The summed E-state index contributed by atoms with van der Waals surface area (Å²) in [4.78, 5) is 0. The fourth-order valence-electron chi connectivity index (χ4n) is 0.123. The molecular formula is C4H3F3O. The molecule has 0 aromatic heterocycles. The highest BCUT2D eigenvalue weighted by Gasteiger charge is 2.27. The second-order valence-corrected chi connectivity index (χ2v) is 1.02. The Balaban J connectivity index is 3.28. The SMILES string of the molecule is C#COCC(F)(F)F. The van der Waals surface area contributed by atoms with Gasteiger partial charge in [0.15, 0.2) is 6.61 Å². The molecule has 0 aliphatic heterocycles. The van der Waals surface area contributed by atoms with E-state index in [9.17, 15) is 13.2 Å². The molecule has 4 heteroatoms. The summed E-state index contributed by atoms with van der Waals surface area (Å²) < 4.78 is 36.7. The summed E-state index contributed by atoms with van der Waals surface area (Å²) in [6.45, 7) is -1.37. The van der Waals surface area contributed by atoms with Gasteiger partial charge in [-0.05, 0) is 0 Å².